The minimum atomic E-state index is -0.484. The van der Waals surface area contributed by atoms with Crippen LogP contribution in [0.3, 0.4) is 0 Å². The van der Waals surface area contributed by atoms with Gasteiger partial charge in [-0.25, -0.2) is 0 Å². The van der Waals surface area contributed by atoms with Gasteiger partial charge in [-0.1, -0.05) is 232 Å². The van der Waals surface area contributed by atoms with Gasteiger partial charge >= 0.3 is 0 Å². The zero-order valence-electron chi connectivity index (χ0n) is 42.4. The monoisotopic (exact) mass is 969 g/mol. The van der Waals surface area contributed by atoms with E-state index < -0.39 is 5.41 Å². The number of fused-ring (bicyclic) bond motifs is 22. The van der Waals surface area contributed by atoms with E-state index in [0.717, 1.165) is 56.7 Å². The minimum absolute atomic E-state index is 0.130. The quantitative estimate of drug-likeness (QED) is 0.175. The van der Waals surface area contributed by atoms with E-state index in [0.29, 0.717) is 6.42 Å². The third-order valence-corrected chi connectivity index (χ3v) is 17.6. The molecule has 12 aromatic rings. The van der Waals surface area contributed by atoms with Crippen molar-refractivity contribution in [2.24, 2.45) is 0 Å². The van der Waals surface area contributed by atoms with Crippen LogP contribution in [-0.4, -0.2) is 0 Å². The van der Waals surface area contributed by atoms with Crippen LogP contribution in [0.25, 0.3) is 66.1 Å². The molecule has 1 spiro atoms. The number of ether oxygens (including phenoxy) is 1. The molecule has 0 fully saturated rings. The van der Waals surface area contributed by atoms with E-state index in [1.54, 1.807) is 0 Å². The van der Waals surface area contributed by atoms with Gasteiger partial charge in [-0.2, -0.15) is 0 Å². The van der Waals surface area contributed by atoms with Crippen molar-refractivity contribution in [3.63, 3.8) is 0 Å². The van der Waals surface area contributed by atoms with Crippen LogP contribution in [0.4, 0.5) is 17.1 Å². The van der Waals surface area contributed by atoms with Gasteiger partial charge in [0.2, 0.25) is 0 Å². The maximum absolute atomic E-state index is 7.50. The first-order valence-electron chi connectivity index (χ1n) is 26.8. The topological polar surface area (TPSA) is 12.5 Å². The Morgan fingerprint density at radius 2 is 0.803 bits per heavy atom. The van der Waals surface area contributed by atoms with Crippen molar-refractivity contribution in [3.8, 4) is 56.0 Å². The van der Waals surface area contributed by atoms with Gasteiger partial charge in [0.1, 0.15) is 11.5 Å². The van der Waals surface area contributed by atoms with Gasteiger partial charge in [0.25, 0.3) is 0 Å². The molecule has 0 amide bonds. The molecule has 358 valence electrons. The number of rotatable bonds is 3. The molecule has 0 bridgehead atoms. The van der Waals surface area contributed by atoms with Crippen molar-refractivity contribution in [3.05, 3.63) is 304 Å². The molecule has 0 saturated carbocycles. The summed E-state index contributed by atoms with van der Waals surface area (Å²) in [4.78, 5) is 2.58. The maximum atomic E-state index is 7.50. The highest BCUT2D eigenvalue weighted by molar-refractivity contribution is 6.02. The minimum Gasteiger partial charge on any atom is -0.455 e. The lowest BCUT2D eigenvalue weighted by Crippen LogP contribution is -2.26. The average Bonchev–Trinajstić information content (AvgIpc) is 4.06. The molecule has 76 heavy (non-hydrogen) atoms. The zero-order chi connectivity index (χ0) is 50.3. The van der Waals surface area contributed by atoms with Gasteiger partial charge in [-0.3, -0.25) is 0 Å². The second-order valence-corrected chi connectivity index (χ2v) is 21.8. The van der Waals surface area contributed by atoms with E-state index in [9.17, 15) is 0 Å². The van der Waals surface area contributed by atoms with Crippen molar-refractivity contribution < 1.29 is 4.74 Å². The molecule has 3 aliphatic carbocycles. The SMILES string of the molecule is CC1(C)c2ccccc2-c2cc(N(c3ccc4c(c3)Cc3ccc5ccccc5c3Oc3c(ccc5ccccc35)Cc3ccccc3-4)c3cccc4c3-c3ccccc3C43c4ccccc4-c4ccccc43)ccc21. The fourth-order valence-electron chi connectivity index (χ4n) is 14.3. The van der Waals surface area contributed by atoms with Crippen LogP contribution in [0.2, 0.25) is 0 Å². The largest absolute Gasteiger partial charge is 0.455 e. The highest BCUT2D eigenvalue weighted by Gasteiger charge is 2.52. The molecule has 0 radical (unpaired) electrons. The summed E-state index contributed by atoms with van der Waals surface area (Å²) in [6.07, 6.45) is 1.38. The number of hydrogen-bond acceptors (Lipinski definition) is 2. The summed E-state index contributed by atoms with van der Waals surface area (Å²) >= 11 is 0. The molecule has 0 atom stereocenters. The normalized spacial score (nSPS) is 14.4. The van der Waals surface area contributed by atoms with E-state index in [1.165, 1.54) is 100.0 Å². The number of anilines is 3. The molecule has 16 rings (SSSR count). The van der Waals surface area contributed by atoms with Gasteiger partial charge in [-0.05, 0) is 136 Å². The van der Waals surface area contributed by atoms with Crippen molar-refractivity contribution >= 4 is 38.6 Å². The fraction of sp³-hybridized carbons (Fsp3) is 0.0811. The van der Waals surface area contributed by atoms with Crippen molar-refractivity contribution in [1.29, 1.82) is 0 Å². The Morgan fingerprint density at radius 3 is 1.47 bits per heavy atom. The van der Waals surface area contributed by atoms with Crippen LogP contribution < -0.4 is 9.64 Å². The summed E-state index contributed by atoms with van der Waals surface area (Å²) in [6, 6.07) is 93.5. The predicted octanol–water partition coefficient (Wildman–Crippen LogP) is 19.1. The molecular formula is C74H51NO. The Labute approximate surface area is 443 Å². The van der Waals surface area contributed by atoms with Crippen LogP contribution in [0, 0.1) is 0 Å². The summed E-state index contributed by atoms with van der Waals surface area (Å²) in [6.45, 7) is 4.75. The summed E-state index contributed by atoms with van der Waals surface area (Å²) in [5.41, 5.74) is 25.9. The molecule has 0 saturated heterocycles. The Balaban J connectivity index is 0.969. The van der Waals surface area contributed by atoms with Gasteiger partial charge in [0, 0.05) is 46.0 Å². The standard InChI is InChI=1S/C74H51NO/c1-73(2)63-28-13-9-26-60(63)62-45-53(39-41-64(62)73)75(69-33-17-32-68-70(69)61-27-12-16-31-67(61)74(68)65-29-14-10-24-58(65)59-25-11-15-30-66(59)74)52-38-40-55-51(44-52)43-50-37-35-47-19-4-8-23-57(47)72(50)76-71-49(42-48-20-5-6-21-54(48)55)36-34-46-18-3-7-22-56(46)71/h3-41,44-45H,42-43H2,1-2H3. The van der Waals surface area contributed by atoms with Gasteiger partial charge < -0.3 is 9.64 Å². The van der Waals surface area contributed by atoms with Crippen LogP contribution in [0.1, 0.15) is 69.5 Å². The Hall–Kier alpha value is -9.24. The first-order valence-corrected chi connectivity index (χ1v) is 26.8. The maximum Gasteiger partial charge on any atom is 0.138 e. The number of benzene rings is 12. The van der Waals surface area contributed by atoms with Gasteiger partial charge in [0.15, 0.2) is 0 Å². The van der Waals surface area contributed by atoms with Gasteiger partial charge in [0.05, 0.1) is 11.1 Å². The smallest absolute Gasteiger partial charge is 0.138 e. The fourth-order valence-corrected chi connectivity index (χ4v) is 14.3. The molecule has 4 aliphatic rings. The van der Waals surface area contributed by atoms with Crippen LogP contribution in [-0.2, 0) is 23.7 Å². The van der Waals surface area contributed by atoms with E-state index in [1.807, 2.05) is 0 Å². The molecular weight excluding hydrogens is 919 g/mol. The Kier molecular flexibility index (Phi) is 9.17. The Bertz CT molecular complexity index is 4390. The third-order valence-electron chi connectivity index (χ3n) is 17.6. The molecule has 2 nitrogen and oxygen atoms in total. The van der Waals surface area contributed by atoms with E-state index in [-0.39, 0.29) is 5.41 Å². The third kappa shape index (κ3) is 5.98. The van der Waals surface area contributed by atoms with E-state index in [4.69, 9.17) is 4.74 Å². The van der Waals surface area contributed by atoms with E-state index in [2.05, 4.69) is 267 Å². The molecule has 1 aliphatic heterocycles. The molecule has 0 N–H and O–H groups in total. The van der Waals surface area contributed by atoms with Gasteiger partial charge in [-0.15, -0.1) is 0 Å². The lowest BCUT2D eigenvalue weighted by molar-refractivity contribution is 0.484. The highest BCUT2D eigenvalue weighted by atomic mass is 16.5. The summed E-state index contributed by atoms with van der Waals surface area (Å²) in [5.74, 6) is 1.84. The van der Waals surface area contributed by atoms with Crippen LogP contribution in [0.5, 0.6) is 11.5 Å². The van der Waals surface area contributed by atoms with Crippen molar-refractivity contribution in [2.75, 3.05) is 4.90 Å². The second-order valence-electron chi connectivity index (χ2n) is 21.8. The molecule has 0 unspecified atom stereocenters. The predicted molar refractivity (Wildman–Crippen MR) is 314 cm³/mol. The lowest BCUT2D eigenvalue weighted by Gasteiger charge is -2.32. The average molecular weight is 970 g/mol. The van der Waals surface area contributed by atoms with E-state index >= 15 is 0 Å². The summed E-state index contributed by atoms with van der Waals surface area (Å²) in [7, 11) is 0. The summed E-state index contributed by atoms with van der Waals surface area (Å²) < 4.78 is 7.50. The highest BCUT2D eigenvalue weighted by Crippen LogP contribution is 2.65. The molecule has 12 aromatic carbocycles. The lowest BCUT2D eigenvalue weighted by atomic mass is 9.70. The zero-order valence-corrected chi connectivity index (χ0v) is 42.4. The number of nitrogens with zero attached hydrogens (tertiary/aromatic N) is 1. The van der Waals surface area contributed by atoms with Crippen molar-refractivity contribution in [1.82, 2.24) is 0 Å². The van der Waals surface area contributed by atoms with Crippen molar-refractivity contribution in [2.45, 2.75) is 37.5 Å². The molecule has 0 aromatic heterocycles. The second kappa shape index (κ2) is 16.1. The molecule has 1 heterocycles. The molecule has 2 heteroatoms. The van der Waals surface area contributed by atoms with Crippen LogP contribution in [0.15, 0.2) is 249 Å². The summed E-state index contributed by atoms with van der Waals surface area (Å²) in [5, 5.41) is 4.56. The first-order chi connectivity index (χ1) is 37.4. The number of hydrogen-bond donors (Lipinski definition) is 0. The Morgan fingerprint density at radius 1 is 0.329 bits per heavy atom. The van der Waals surface area contributed by atoms with Crippen LogP contribution >= 0.6 is 0 Å². The first kappa shape index (κ1) is 43.2.